The van der Waals surface area contributed by atoms with Crippen LogP contribution in [0.5, 0.6) is 0 Å². The molecule has 2 N–H and O–H groups in total. The molecule has 0 atom stereocenters. The smallest absolute Gasteiger partial charge is 0.151 e. The van der Waals surface area contributed by atoms with Crippen molar-refractivity contribution in [2.45, 2.75) is 13.1 Å². The van der Waals surface area contributed by atoms with Gasteiger partial charge in [0.05, 0.1) is 12.2 Å². The number of aromatic nitrogens is 4. The third kappa shape index (κ3) is 2.59. The minimum Gasteiger partial charge on any atom is -0.351 e. The monoisotopic (exact) mass is 232 g/mol. The van der Waals surface area contributed by atoms with Gasteiger partial charge in [-0.2, -0.15) is 5.10 Å². The largest absolute Gasteiger partial charge is 0.351 e. The van der Waals surface area contributed by atoms with Gasteiger partial charge in [-0.05, 0) is 12.1 Å². The van der Waals surface area contributed by atoms with E-state index < -0.39 is 0 Å². The fraction of sp³-hybridized carbons (Fsp3) is 0.364. The van der Waals surface area contributed by atoms with Crippen molar-refractivity contribution in [1.29, 1.82) is 0 Å². The van der Waals surface area contributed by atoms with E-state index in [1.54, 1.807) is 6.20 Å². The highest BCUT2D eigenvalue weighted by molar-refractivity contribution is 5.36. The second-order valence-corrected chi connectivity index (χ2v) is 3.90. The van der Waals surface area contributed by atoms with E-state index in [0.29, 0.717) is 13.1 Å². The van der Waals surface area contributed by atoms with Gasteiger partial charge in [-0.15, -0.1) is 5.10 Å². The molecule has 6 heteroatoms. The van der Waals surface area contributed by atoms with Crippen LogP contribution in [0.25, 0.3) is 0 Å². The van der Waals surface area contributed by atoms with E-state index in [9.17, 15) is 0 Å². The molecular weight excluding hydrogens is 216 g/mol. The molecule has 2 rings (SSSR count). The number of nitrogens with two attached hydrogens (primary N) is 1. The molecule has 2 aromatic heterocycles. The van der Waals surface area contributed by atoms with Gasteiger partial charge in [-0.1, -0.05) is 0 Å². The maximum absolute atomic E-state index is 5.48. The molecule has 0 radical (unpaired) electrons. The van der Waals surface area contributed by atoms with Gasteiger partial charge in [0, 0.05) is 33.0 Å². The molecule has 0 bridgehead atoms. The number of hydrogen-bond donors (Lipinski definition) is 1. The lowest BCUT2D eigenvalue weighted by Crippen LogP contribution is -2.20. The summed E-state index contributed by atoms with van der Waals surface area (Å²) < 4.78 is 1.98. The first-order valence-electron chi connectivity index (χ1n) is 5.40. The zero-order chi connectivity index (χ0) is 12.3. The first-order chi connectivity index (χ1) is 8.20. The number of rotatable bonds is 4. The Bertz CT molecular complexity index is 475. The number of imidazole rings is 1. The van der Waals surface area contributed by atoms with Crippen LogP contribution in [-0.2, 0) is 20.1 Å². The number of anilines is 1. The summed E-state index contributed by atoms with van der Waals surface area (Å²) in [6, 6.07) is 3.80. The lowest BCUT2D eigenvalue weighted by Gasteiger charge is -2.17. The molecule has 0 fully saturated rings. The standard InChI is InChI=1S/C11H16N6/c1-16-6-5-13-11(16)8-17(2)10-4-3-9(7-12)14-15-10/h3-6H,7-8,12H2,1-2H3. The molecule has 90 valence electrons. The third-order valence-corrected chi connectivity index (χ3v) is 2.61. The van der Waals surface area contributed by atoms with Crippen molar-refractivity contribution in [3.05, 3.63) is 36.0 Å². The molecule has 0 saturated carbocycles. The van der Waals surface area contributed by atoms with Gasteiger partial charge in [0.2, 0.25) is 0 Å². The molecule has 0 aliphatic carbocycles. The third-order valence-electron chi connectivity index (χ3n) is 2.61. The van der Waals surface area contributed by atoms with E-state index in [1.807, 2.05) is 41.9 Å². The zero-order valence-corrected chi connectivity index (χ0v) is 10.0. The summed E-state index contributed by atoms with van der Waals surface area (Å²) in [6.07, 6.45) is 3.71. The Morgan fingerprint density at radius 3 is 2.71 bits per heavy atom. The van der Waals surface area contributed by atoms with Crippen LogP contribution >= 0.6 is 0 Å². The predicted molar refractivity (Wildman–Crippen MR) is 65.2 cm³/mol. The molecule has 0 saturated heterocycles. The summed E-state index contributed by atoms with van der Waals surface area (Å²) in [4.78, 5) is 6.26. The van der Waals surface area contributed by atoms with Gasteiger partial charge in [0.1, 0.15) is 5.82 Å². The van der Waals surface area contributed by atoms with E-state index in [-0.39, 0.29) is 0 Å². The SMILES string of the molecule is CN(Cc1nccn1C)c1ccc(CN)nn1. The van der Waals surface area contributed by atoms with Crippen LogP contribution in [0.4, 0.5) is 5.82 Å². The maximum atomic E-state index is 5.48. The Morgan fingerprint density at radius 2 is 2.18 bits per heavy atom. The van der Waals surface area contributed by atoms with Crippen molar-refractivity contribution >= 4 is 5.82 Å². The Balaban J connectivity index is 2.09. The summed E-state index contributed by atoms with van der Waals surface area (Å²) in [7, 11) is 3.93. The average Bonchev–Trinajstić information content (AvgIpc) is 2.75. The van der Waals surface area contributed by atoms with E-state index in [4.69, 9.17) is 5.73 Å². The highest BCUT2D eigenvalue weighted by Gasteiger charge is 2.07. The van der Waals surface area contributed by atoms with E-state index in [0.717, 1.165) is 17.3 Å². The van der Waals surface area contributed by atoms with Crippen LogP contribution < -0.4 is 10.6 Å². The number of aryl methyl sites for hydroxylation is 1. The zero-order valence-electron chi connectivity index (χ0n) is 10.0. The minimum atomic E-state index is 0.413. The minimum absolute atomic E-state index is 0.413. The van der Waals surface area contributed by atoms with Crippen LogP contribution in [0.15, 0.2) is 24.5 Å². The van der Waals surface area contributed by atoms with Gasteiger partial charge in [0.25, 0.3) is 0 Å². The molecule has 2 heterocycles. The van der Waals surface area contributed by atoms with Crippen LogP contribution in [-0.4, -0.2) is 26.8 Å². The van der Waals surface area contributed by atoms with Crippen molar-refractivity contribution in [2.24, 2.45) is 12.8 Å². The first-order valence-corrected chi connectivity index (χ1v) is 5.40. The van der Waals surface area contributed by atoms with Gasteiger partial charge >= 0.3 is 0 Å². The lowest BCUT2D eigenvalue weighted by molar-refractivity contribution is 0.746. The fourth-order valence-electron chi connectivity index (χ4n) is 1.51. The molecule has 0 spiro atoms. The van der Waals surface area contributed by atoms with Crippen molar-refractivity contribution in [2.75, 3.05) is 11.9 Å². The molecule has 6 nitrogen and oxygen atoms in total. The molecular formula is C11H16N6. The van der Waals surface area contributed by atoms with Gasteiger partial charge in [0.15, 0.2) is 5.82 Å². The molecule has 2 aromatic rings. The molecule has 17 heavy (non-hydrogen) atoms. The van der Waals surface area contributed by atoms with Crippen LogP contribution in [0, 0.1) is 0 Å². The summed E-state index contributed by atoms with van der Waals surface area (Å²) >= 11 is 0. The van der Waals surface area contributed by atoms with Gasteiger partial charge in [-0.3, -0.25) is 0 Å². The Hall–Kier alpha value is -1.95. The summed E-state index contributed by atoms with van der Waals surface area (Å²) in [5.74, 6) is 1.79. The van der Waals surface area contributed by atoms with Crippen LogP contribution in [0.1, 0.15) is 11.5 Å². The van der Waals surface area contributed by atoms with E-state index in [1.165, 1.54) is 0 Å². The quantitative estimate of drug-likeness (QED) is 0.821. The number of hydrogen-bond acceptors (Lipinski definition) is 5. The topological polar surface area (TPSA) is 72.9 Å². The summed E-state index contributed by atoms with van der Waals surface area (Å²) in [5, 5.41) is 8.14. The van der Waals surface area contributed by atoms with Crippen molar-refractivity contribution in [3.63, 3.8) is 0 Å². The van der Waals surface area contributed by atoms with Crippen LogP contribution in [0.2, 0.25) is 0 Å². The second-order valence-electron chi connectivity index (χ2n) is 3.90. The van der Waals surface area contributed by atoms with Crippen molar-refractivity contribution in [3.8, 4) is 0 Å². The molecule has 0 aromatic carbocycles. The lowest BCUT2D eigenvalue weighted by atomic mass is 10.3. The molecule has 0 amide bonds. The highest BCUT2D eigenvalue weighted by atomic mass is 15.3. The average molecular weight is 232 g/mol. The Labute approximate surface area is 100 Å². The fourth-order valence-corrected chi connectivity index (χ4v) is 1.51. The summed E-state index contributed by atoms with van der Waals surface area (Å²) in [6.45, 7) is 1.11. The second kappa shape index (κ2) is 4.92. The molecule has 0 aliphatic rings. The Morgan fingerprint density at radius 1 is 1.35 bits per heavy atom. The van der Waals surface area contributed by atoms with Crippen molar-refractivity contribution in [1.82, 2.24) is 19.7 Å². The van der Waals surface area contributed by atoms with E-state index >= 15 is 0 Å². The normalized spacial score (nSPS) is 10.5. The molecule has 0 aliphatic heterocycles. The highest BCUT2D eigenvalue weighted by Crippen LogP contribution is 2.10. The summed E-state index contributed by atoms with van der Waals surface area (Å²) in [5.41, 5.74) is 6.27. The Kier molecular flexibility index (Phi) is 3.34. The first kappa shape index (κ1) is 11.5. The number of nitrogens with zero attached hydrogens (tertiary/aromatic N) is 5. The van der Waals surface area contributed by atoms with Crippen molar-refractivity contribution < 1.29 is 0 Å². The van der Waals surface area contributed by atoms with Gasteiger partial charge < -0.3 is 15.2 Å². The molecule has 0 unspecified atom stereocenters. The van der Waals surface area contributed by atoms with Crippen LogP contribution in [0.3, 0.4) is 0 Å². The van der Waals surface area contributed by atoms with Gasteiger partial charge in [-0.25, -0.2) is 4.98 Å². The van der Waals surface area contributed by atoms with E-state index in [2.05, 4.69) is 15.2 Å². The predicted octanol–water partition coefficient (Wildman–Crippen LogP) is 0.305. The maximum Gasteiger partial charge on any atom is 0.151 e.